The van der Waals surface area contributed by atoms with E-state index in [1.165, 1.54) is 0 Å². The summed E-state index contributed by atoms with van der Waals surface area (Å²) in [5.41, 5.74) is 5.98. The molecule has 0 aliphatic carbocycles. The second-order valence-electron chi connectivity index (χ2n) is 5.63. The van der Waals surface area contributed by atoms with Crippen molar-refractivity contribution in [3.8, 4) is 0 Å². The molecule has 4 atom stereocenters. The van der Waals surface area contributed by atoms with E-state index >= 15 is 0 Å². The zero-order valence-corrected chi connectivity index (χ0v) is 11.7. The van der Waals surface area contributed by atoms with E-state index in [0.717, 1.165) is 13.1 Å². The van der Waals surface area contributed by atoms with Crippen molar-refractivity contribution >= 4 is 9.84 Å². The number of hydrogen-bond acceptors (Lipinski definition) is 5. The smallest absolute Gasteiger partial charge is 0.153 e. The molecule has 2 heterocycles. The summed E-state index contributed by atoms with van der Waals surface area (Å²) in [6, 6.07) is 0.699. The number of sulfone groups is 1. The molecule has 2 saturated heterocycles. The van der Waals surface area contributed by atoms with Gasteiger partial charge in [0.15, 0.2) is 9.84 Å². The molecule has 100 valence electrons. The van der Waals surface area contributed by atoms with Crippen LogP contribution >= 0.6 is 0 Å². The topological polar surface area (TPSA) is 66.6 Å². The standard InChI is InChI=1S/C11H23N3O2S/c1-8-4-14(5-9(2)13(8)3)11-7-17(15,16)6-10(11)12/h8-11H,4-7,12H2,1-3H3. The van der Waals surface area contributed by atoms with Gasteiger partial charge in [-0.1, -0.05) is 0 Å². The van der Waals surface area contributed by atoms with Gasteiger partial charge in [-0.05, 0) is 20.9 Å². The largest absolute Gasteiger partial charge is 0.325 e. The minimum Gasteiger partial charge on any atom is -0.325 e. The summed E-state index contributed by atoms with van der Waals surface area (Å²) in [4.78, 5) is 4.61. The fourth-order valence-corrected chi connectivity index (χ4v) is 4.87. The van der Waals surface area contributed by atoms with Crippen molar-refractivity contribution < 1.29 is 8.42 Å². The lowest BCUT2D eigenvalue weighted by atomic mass is 10.0. The third kappa shape index (κ3) is 2.65. The van der Waals surface area contributed by atoms with Crippen LogP contribution in [0.2, 0.25) is 0 Å². The van der Waals surface area contributed by atoms with Crippen molar-refractivity contribution in [2.45, 2.75) is 38.0 Å². The first-order valence-electron chi connectivity index (χ1n) is 6.22. The summed E-state index contributed by atoms with van der Waals surface area (Å²) in [7, 11) is -0.800. The highest BCUT2D eigenvalue weighted by atomic mass is 32.2. The Labute approximate surface area is 104 Å². The Bertz CT molecular complexity index is 372. The van der Waals surface area contributed by atoms with E-state index in [2.05, 4.69) is 30.7 Å². The fourth-order valence-electron chi connectivity index (χ4n) is 2.95. The van der Waals surface area contributed by atoms with E-state index in [1.807, 2.05) is 0 Å². The summed E-state index contributed by atoms with van der Waals surface area (Å²) in [5, 5.41) is 0. The predicted molar refractivity (Wildman–Crippen MR) is 68.7 cm³/mol. The minimum absolute atomic E-state index is 0.0126. The first-order chi connectivity index (χ1) is 7.80. The van der Waals surface area contributed by atoms with Gasteiger partial charge >= 0.3 is 0 Å². The van der Waals surface area contributed by atoms with Gasteiger partial charge in [-0.25, -0.2) is 8.42 Å². The van der Waals surface area contributed by atoms with Crippen molar-refractivity contribution in [1.82, 2.24) is 9.80 Å². The van der Waals surface area contributed by atoms with Gasteiger partial charge in [-0.3, -0.25) is 9.80 Å². The van der Waals surface area contributed by atoms with E-state index < -0.39 is 9.84 Å². The first-order valence-corrected chi connectivity index (χ1v) is 8.04. The number of rotatable bonds is 1. The van der Waals surface area contributed by atoms with Crippen molar-refractivity contribution in [1.29, 1.82) is 0 Å². The summed E-state index contributed by atoms with van der Waals surface area (Å²) in [5.74, 6) is 0.379. The Morgan fingerprint density at radius 2 is 1.65 bits per heavy atom. The van der Waals surface area contributed by atoms with Gasteiger partial charge in [0.25, 0.3) is 0 Å². The molecule has 0 aromatic rings. The lowest BCUT2D eigenvalue weighted by molar-refractivity contribution is 0.0361. The highest BCUT2D eigenvalue weighted by Gasteiger charge is 2.41. The molecule has 2 fully saturated rings. The van der Waals surface area contributed by atoms with E-state index in [4.69, 9.17) is 5.73 Å². The molecule has 2 rings (SSSR count). The zero-order valence-electron chi connectivity index (χ0n) is 10.8. The lowest BCUT2D eigenvalue weighted by Gasteiger charge is -2.45. The van der Waals surface area contributed by atoms with Crippen molar-refractivity contribution in [2.75, 3.05) is 31.6 Å². The highest BCUT2D eigenvalue weighted by molar-refractivity contribution is 7.91. The van der Waals surface area contributed by atoms with Gasteiger partial charge in [0.1, 0.15) is 0 Å². The van der Waals surface area contributed by atoms with Gasteiger partial charge in [0.2, 0.25) is 0 Å². The van der Waals surface area contributed by atoms with Gasteiger partial charge in [0.05, 0.1) is 11.5 Å². The molecule has 2 aliphatic rings. The second-order valence-corrected chi connectivity index (χ2v) is 7.78. The average molecular weight is 261 g/mol. The third-order valence-electron chi connectivity index (χ3n) is 4.22. The molecule has 4 unspecified atom stereocenters. The molecule has 2 N–H and O–H groups in total. The molecule has 2 aliphatic heterocycles. The monoisotopic (exact) mass is 261 g/mol. The molecular formula is C11H23N3O2S. The van der Waals surface area contributed by atoms with E-state index in [9.17, 15) is 8.42 Å². The van der Waals surface area contributed by atoms with Crippen LogP contribution in [-0.2, 0) is 9.84 Å². The summed E-state index contributed by atoms with van der Waals surface area (Å²) < 4.78 is 23.2. The molecule has 5 nitrogen and oxygen atoms in total. The van der Waals surface area contributed by atoms with Crippen LogP contribution in [-0.4, -0.2) is 74.0 Å². The quantitative estimate of drug-likeness (QED) is 0.665. The third-order valence-corrected chi connectivity index (χ3v) is 5.96. The summed E-state index contributed by atoms with van der Waals surface area (Å²) in [6.45, 7) is 6.18. The van der Waals surface area contributed by atoms with Gasteiger partial charge < -0.3 is 5.73 Å². The number of likely N-dealkylation sites (N-methyl/N-ethyl adjacent to an activating group) is 1. The maximum absolute atomic E-state index is 11.6. The van der Waals surface area contributed by atoms with Crippen LogP contribution in [0.1, 0.15) is 13.8 Å². The fraction of sp³-hybridized carbons (Fsp3) is 1.00. The van der Waals surface area contributed by atoms with Crippen LogP contribution in [0, 0.1) is 0 Å². The number of nitrogens with two attached hydrogens (primary N) is 1. The van der Waals surface area contributed by atoms with Gasteiger partial charge in [-0.2, -0.15) is 0 Å². The maximum atomic E-state index is 11.6. The molecule has 0 radical (unpaired) electrons. The van der Waals surface area contributed by atoms with Crippen LogP contribution in [0.5, 0.6) is 0 Å². The number of nitrogens with zero attached hydrogens (tertiary/aromatic N) is 2. The summed E-state index contributed by atoms with van der Waals surface area (Å²) in [6.07, 6.45) is 0. The molecule has 17 heavy (non-hydrogen) atoms. The highest BCUT2D eigenvalue weighted by Crippen LogP contribution is 2.22. The van der Waals surface area contributed by atoms with E-state index in [0.29, 0.717) is 12.1 Å². The first kappa shape index (κ1) is 13.3. The normalized spacial score (nSPS) is 44.0. The van der Waals surface area contributed by atoms with E-state index in [1.54, 1.807) is 0 Å². The molecule has 0 saturated carbocycles. The number of hydrogen-bond donors (Lipinski definition) is 1. The molecule has 0 spiro atoms. The Hall–Kier alpha value is -0.170. The molecule has 6 heteroatoms. The lowest BCUT2D eigenvalue weighted by Crippen LogP contribution is -2.60. The Balaban J connectivity index is 2.09. The van der Waals surface area contributed by atoms with Crippen LogP contribution in [0.15, 0.2) is 0 Å². The average Bonchev–Trinajstić information content (AvgIpc) is 2.48. The van der Waals surface area contributed by atoms with Crippen LogP contribution in [0.25, 0.3) is 0 Å². The second kappa shape index (κ2) is 4.50. The molecule has 0 aromatic carbocycles. The van der Waals surface area contributed by atoms with Gasteiger partial charge in [0, 0.05) is 37.3 Å². The maximum Gasteiger partial charge on any atom is 0.153 e. The van der Waals surface area contributed by atoms with Crippen molar-refractivity contribution in [2.24, 2.45) is 5.73 Å². The van der Waals surface area contributed by atoms with E-state index in [-0.39, 0.29) is 23.6 Å². The predicted octanol–water partition coefficient (Wildman–Crippen LogP) is -0.865. The molecule has 0 aromatic heterocycles. The Morgan fingerprint density at radius 3 is 2.06 bits per heavy atom. The van der Waals surface area contributed by atoms with Crippen molar-refractivity contribution in [3.63, 3.8) is 0 Å². The molecular weight excluding hydrogens is 238 g/mol. The zero-order chi connectivity index (χ0) is 12.8. The van der Waals surface area contributed by atoms with Gasteiger partial charge in [-0.15, -0.1) is 0 Å². The Morgan fingerprint density at radius 1 is 1.12 bits per heavy atom. The van der Waals surface area contributed by atoms with Crippen LogP contribution in [0.4, 0.5) is 0 Å². The molecule has 0 bridgehead atoms. The number of piperazine rings is 1. The molecule has 0 amide bonds. The van der Waals surface area contributed by atoms with Crippen LogP contribution in [0.3, 0.4) is 0 Å². The van der Waals surface area contributed by atoms with Crippen LogP contribution < -0.4 is 5.73 Å². The SMILES string of the molecule is CC1CN(C2CS(=O)(=O)CC2N)CC(C)N1C. The minimum atomic E-state index is -2.92. The van der Waals surface area contributed by atoms with Crippen molar-refractivity contribution in [3.05, 3.63) is 0 Å². The Kier molecular flexibility index (Phi) is 3.51. The summed E-state index contributed by atoms with van der Waals surface area (Å²) >= 11 is 0.